The number of urea groups is 1. The summed E-state index contributed by atoms with van der Waals surface area (Å²) in [5.41, 5.74) is 1.17. The van der Waals surface area contributed by atoms with Gasteiger partial charge in [-0.25, -0.2) is 4.79 Å². The first-order valence-corrected chi connectivity index (χ1v) is 5.87. The van der Waals surface area contributed by atoms with Crippen LogP contribution in [0.2, 0.25) is 0 Å². The summed E-state index contributed by atoms with van der Waals surface area (Å²) < 4.78 is 5.10. The van der Waals surface area contributed by atoms with Gasteiger partial charge in [-0.3, -0.25) is 4.79 Å². The lowest BCUT2D eigenvalue weighted by atomic mass is 10.1. The lowest BCUT2D eigenvalue weighted by Gasteiger charge is -2.08. The average molecular weight is 250 g/mol. The molecular formula is C13H18N2O3. The number of nitrogens with one attached hydrogen (secondary N) is 2. The molecule has 1 rings (SSSR count). The minimum absolute atomic E-state index is 0.0320. The third-order valence-corrected chi connectivity index (χ3v) is 2.26. The summed E-state index contributed by atoms with van der Waals surface area (Å²) in [6.45, 7) is 4.95. The second kappa shape index (κ2) is 7.45. The van der Waals surface area contributed by atoms with Crippen molar-refractivity contribution in [3.8, 4) is 0 Å². The minimum Gasteiger partial charge on any atom is -0.380 e. The van der Waals surface area contributed by atoms with E-state index in [2.05, 4.69) is 10.6 Å². The van der Waals surface area contributed by atoms with E-state index in [9.17, 15) is 9.59 Å². The van der Waals surface area contributed by atoms with Crippen molar-refractivity contribution >= 4 is 17.5 Å². The van der Waals surface area contributed by atoms with Crippen molar-refractivity contribution in [1.82, 2.24) is 5.32 Å². The zero-order chi connectivity index (χ0) is 13.4. The summed E-state index contributed by atoms with van der Waals surface area (Å²) in [4.78, 5) is 22.7. The van der Waals surface area contributed by atoms with Gasteiger partial charge >= 0.3 is 6.03 Å². The standard InChI is InChI=1S/C13H18N2O3/c1-3-18-8-7-14-13(17)15-12-6-4-5-11(9-12)10(2)16/h4-6,9H,3,7-8H2,1-2H3,(H2,14,15,17). The van der Waals surface area contributed by atoms with Crippen molar-refractivity contribution in [2.24, 2.45) is 0 Å². The second-order valence-electron chi connectivity index (χ2n) is 3.71. The van der Waals surface area contributed by atoms with Crippen LogP contribution in [0, 0.1) is 0 Å². The Morgan fingerprint density at radius 3 is 2.78 bits per heavy atom. The molecule has 0 saturated heterocycles. The predicted octanol–water partition coefficient (Wildman–Crippen LogP) is 2.05. The van der Waals surface area contributed by atoms with Crippen LogP contribution in [0.3, 0.4) is 0 Å². The lowest BCUT2D eigenvalue weighted by Crippen LogP contribution is -2.31. The molecule has 1 aromatic rings. The van der Waals surface area contributed by atoms with Crippen LogP contribution in [0.5, 0.6) is 0 Å². The van der Waals surface area contributed by atoms with Crippen LogP contribution in [0.15, 0.2) is 24.3 Å². The SMILES string of the molecule is CCOCCNC(=O)Nc1cccc(C(C)=O)c1. The third kappa shape index (κ3) is 4.97. The van der Waals surface area contributed by atoms with E-state index >= 15 is 0 Å². The van der Waals surface area contributed by atoms with E-state index in [0.29, 0.717) is 31.0 Å². The van der Waals surface area contributed by atoms with Crippen molar-refractivity contribution < 1.29 is 14.3 Å². The highest BCUT2D eigenvalue weighted by Gasteiger charge is 2.03. The first kappa shape index (κ1) is 14.2. The average Bonchev–Trinajstić information content (AvgIpc) is 2.35. The van der Waals surface area contributed by atoms with Gasteiger partial charge in [0.25, 0.3) is 0 Å². The maximum atomic E-state index is 11.5. The molecule has 0 saturated carbocycles. The molecule has 5 heteroatoms. The number of hydrogen-bond donors (Lipinski definition) is 2. The van der Waals surface area contributed by atoms with Gasteiger partial charge in [-0.05, 0) is 26.0 Å². The Labute approximate surface area is 107 Å². The molecule has 0 spiro atoms. The van der Waals surface area contributed by atoms with Gasteiger partial charge in [-0.1, -0.05) is 12.1 Å². The number of carbonyl (C=O) groups excluding carboxylic acids is 2. The molecule has 0 bridgehead atoms. The number of ketones is 1. The fraction of sp³-hybridized carbons (Fsp3) is 0.385. The van der Waals surface area contributed by atoms with Gasteiger partial charge in [-0.2, -0.15) is 0 Å². The number of hydrogen-bond acceptors (Lipinski definition) is 3. The van der Waals surface area contributed by atoms with Gasteiger partial charge in [0.1, 0.15) is 0 Å². The Morgan fingerprint density at radius 2 is 2.11 bits per heavy atom. The zero-order valence-electron chi connectivity index (χ0n) is 10.7. The first-order valence-electron chi connectivity index (χ1n) is 5.87. The Bertz CT molecular complexity index is 418. The maximum Gasteiger partial charge on any atom is 0.319 e. The van der Waals surface area contributed by atoms with E-state index in [1.807, 2.05) is 6.92 Å². The van der Waals surface area contributed by atoms with E-state index < -0.39 is 0 Å². The number of ether oxygens (including phenoxy) is 1. The summed E-state index contributed by atoms with van der Waals surface area (Å²) in [6.07, 6.45) is 0. The predicted molar refractivity (Wildman–Crippen MR) is 70.0 cm³/mol. The van der Waals surface area contributed by atoms with E-state index in [-0.39, 0.29) is 11.8 Å². The molecule has 0 aliphatic heterocycles. The molecule has 0 unspecified atom stereocenters. The van der Waals surface area contributed by atoms with E-state index in [0.717, 1.165) is 0 Å². The van der Waals surface area contributed by atoms with Crippen LogP contribution in [-0.2, 0) is 4.74 Å². The first-order chi connectivity index (χ1) is 8.63. The molecule has 0 aliphatic rings. The number of carbonyl (C=O) groups is 2. The molecule has 5 nitrogen and oxygen atoms in total. The van der Waals surface area contributed by atoms with Gasteiger partial charge in [0.15, 0.2) is 5.78 Å². The number of benzene rings is 1. The molecule has 0 heterocycles. The van der Waals surface area contributed by atoms with Gasteiger partial charge in [-0.15, -0.1) is 0 Å². The number of rotatable bonds is 6. The van der Waals surface area contributed by atoms with Crippen molar-refractivity contribution in [2.45, 2.75) is 13.8 Å². The van der Waals surface area contributed by atoms with Crippen LogP contribution in [0.4, 0.5) is 10.5 Å². The monoisotopic (exact) mass is 250 g/mol. The van der Waals surface area contributed by atoms with Crippen molar-refractivity contribution in [3.05, 3.63) is 29.8 Å². The zero-order valence-corrected chi connectivity index (χ0v) is 10.7. The highest BCUT2D eigenvalue weighted by Crippen LogP contribution is 2.10. The normalized spacial score (nSPS) is 9.89. The van der Waals surface area contributed by atoms with E-state index in [4.69, 9.17) is 4.74 Å². The van der Waals surface area contributed by atoms with Crippen LogP contribution in [0.25, 0.3) is 0 Å². The molecule has 0 aromatic heterocycles. The largest absolute Gasteiger partial charge is 0.380 e. The van der Waals surface area contributed by atoms with Gasteiger partial charge in [0.2, 0.25) is 0 Å². The second-order valence-corrected chi connectivity index (χ2v) is 3.71. The minimum atomic E-state index is -0.310. The smallest absolute Gasteiger partial charge is 0.319 e. The Balaban J connectivity index is 2.44. The fourth-order valence-corrected chi connectivity index (χ4v) is 1.37. The van der Waals surface area contributed by atoms with Crippen molar-refractivity contribution in [3.63, 3.8) is 0 Å². The number of Topliss-reactive ketones (excluding diaryl/α,β-unsaturated/α-hetero) is 1. The van der Waals surface area contributed by atoms with E-state index in [1.54, 1.807) is 24.3 Å². The summed E-state index contributed by atoms with van der Waals surface area (Å²) in [5.74, 6) is -0.0320. The highest BCUT2D eigenvalue weighted by atomic mass is 16.5. The summed E-state index contributed by atoms with van der Waals surface area (Å²) in [7, 11) is 0. The molecule has 0 radical (unpaired) electrons. The molecule has 0 atom stereocenters. The lowest BCUT2D eigenvalue weighted by molar-refractivity contribution is 0.101. The van der Waals surface area contributed by atoms with Crippen LogP contribution >= 0.6 is 0 Å². The Hall–Kier alpha value is -1.88. The molecule has 18 heavy (non-hydrogen) atoms. The van der Waals surface area contributed by atoms with E-state index in [1.165, 1.54) is 6.92 Å². The summed E-state index contributed by atoms with van der Waals surface area (Å²) in [6, 6.07) is 6.50. The van der Waals surface area contributed by atoms with Crippen LogP contribution in [0.1, 0.15) is 24.2 Å². The van der Waals surface area contributed by atoms with Gasteiger partial charge in [0.05, 0.1) is 6.61 Å². The molecular weight excluding hydrogens is 232 g/mol. The Kier molecular flexibility index (Phi) is 5.87. The fourth-order valence-electron chi connectivity index (χ4n) is 1.37. The molecule has 2 amide bonds. The number of anilines is 1. The van der Waals surface area contributed by atoms with Gasteiger partial charge < -0.3 is 15.4 Å². The molecule has 0 fully saturated rings. The molecule has 98 valence electrons. The Morgan fingerprint density at radius 1 is 1.33 bits per heavy atom. The maximum absolute atomic E-state index is 11.5. The number of amides is 2. The highest BCUT2D eigenvalue weighted by molar-refractivity contribution is 5.96. The molecule has 0 aliphatic carbocycles. The van der Waals surface area contributed by atoms with Gasteiger partial charge in [0, 0.05) is 24.4 Å². The summed E-state index contributed by atoms with van der Waals surface area (Å²) in [5, 5.41) is 5.31. The van der Waals surface area contributed by atoms with Crippen LogP contribution < -0.4 is 10.6 Å². The topological polar surface area (TPSA) is 67.4 Å². The quantitative estimate of drug-likeness (QED) is 0.599. The molecule has 1 aromatic carbocycles. The third-order valence-electron chi connectivity index (χ3n) is 2.26. The van der Waals surface area contributed by atoms with Crippen molar-refractivity contribution in [1.29, 1.82) is 0 Å². The summed E-state index contributed by atoms with van der Waals surface area (Å²) >= 11 is 0. The van der Waals surface area contributed by atoms with Crippen LogP contribution in [-0.4, -0.2) is 31.6 Å². The molecule has 2 N–H and O–H groups in total. The van der Waals surface area contributed by atoms with Crippen molar-refractivity contribution in [2.75, 3.05) is 25.1 Å².